The van der Waals surface area contributed by atoms with E-state index in [-0.39, 0.29) is 12.4 Å². The van der Waals surface area contributed by atoms with Gasteiger partial charge in [-0.3, -0.25) is 0 Å². The van der Waals surface area contributed by atoms with Gasteiger partial charge in [0.05, 0.1) is 4.90 Å². The topological polar surface area (TPSA) is 60.2 Å². The predicted molar refractivity (Wildman–Crippen MR) is 94.5 cm³/mol. The van der Waals surface area contributed by atoms with Crippen LogP contribution in [0.5, 0.6) is 0 Å². The van der Waals surface area contributed by atoms with Crippen molar-refractivity contribution in [1.82, 2.24) is 0 Å². The number of benzene rings is 2. The summed E-state index contributed by atoms with van der Waals surface area (Å²) < 4.78 is 36.7. The standard InChI is InChI=1S/C19H20FNO2S/c1-24(22,23)16-8-5-13(6-9-16)17-3-2-4-19(17)18-10-7-15(20)11-14(18)12-21/h5-11H,2-4,12,21H2,1H3. The van der Waals surface area contributed by atoms with Crippen molar-refractivity contribution in [3.63, 3.8) is 0 Å². The van der Waals surface area contributed by atoms with Gasteiger partial charge in [0.25, 0.3) is 0 Å². The van der Waals surface area contributed by atoms with Crippen LogP contribution in [0, 0.1) is 5.82 Å². The van der Waals surface area contributed by atoms with Gasteiger partial charge in [-0.25, -0.2) is 12.8 Å². The van der Waals surface area contributed by atoms with E-state index >= 15 is 0 Å². The predicted octanol–water partition coefficient (Wildman–Crippen LogP) is 3.78. The van der Waals surface area contributed by atoms with E-state index < -0.39 is 9.84 Å². The molecule has 3 rings (SSSR count). The molecule has 0 spiro atoms. The minimum atomic E-state index is -3.20. The molecule has 24 heavy (non-hydrogen) atoms. The smallest absolute Gasteiger partial charge is 0.175 e. The summed E-state index contributed by atoms with van der Waals surface area (Å²) in [7, 11) is -3.20. The number of nitrogens with two attached hydrogens (primary N) is 1. The Morgan fingerprint density at radius 1 is 1.04 bits per heavy atom. The maximum Gasteiger partial charge on any atom is 0.175 e. The van der Waals surface area contributed by atoms with Crippen molar-refractivity contribution >= 4 is 21.0 Å². The molecule has 0 unspecified atom stereocenters. The highest BCUT2D eigenvalue weighted by molar-refractivity contribution is 7.90. The van der Waals surface area contributed by atoms with Crippen LogP contribution in [0.4, 0.5) is 4.39 Å². The van der Waals surface area contributed by atoms with E-state index in [0.29, 0.717) is 4.90 Å². The van der Waals surface area contributed by atoms with E-state index in [1.807, 2.05) is 12.1 Å². The van der Waals surface area contributed by atoms with Gasteiger partial charge < -0.3 is 5.73 Å². The lowest BCUT2D eigenvalue weighted by molar-refractivity contribution is 0.602. The second-order valence-electron chi connectivity index (χ2n) is 6.11. The molecular formula is C19H20FNO2S. The molecule has 0 bridgehead atoms. The summed E-state index contributed by atoms with van der Waals surface area (Å²) in [4.78, 5) is 0.316. The van der Waals surface area contributed by atoms with Crippen LogP contribution in [0.2, 0.25) is 0 Å². The quantitative estimate of drug-likeness (QED) is 0.917. The third-order valence-electron chi connectivity index (χ3n) is 4.46. The monoisotopic (exact) mass is 345 g/mol. The Labute approximate surface area is 141 Å². The third-order valence-corrected chi connectivity index (χ3v) is 5.59. The van der Waals surface area contributed by atoms with Gasteiger partial charge in [0.15, 0.2) is 9.84 Å². The lowest BCUT2D eigenvalue weighted by Crippen LogP contribution is -2.02. The first-order chi connectivity index (χ1) is 11.4. The highest BCUT2D eigenvalue weighted by Gasteiger charge is 2.20. The van der Waals surface area contributed by atoms with Gasteiger partial charge in [-0.15, -0.1) is 0 Å². The molecule has 1 aliphatic carbocycles. The molecule has 0 saturated heterocycles. The molecule has 0 saturated carbocycles. The van der Waals surface area contributed by atoms with Crippen LogP contribution in [-0.2, 0) is 16.4 Å². The van der Waals surface area contributed by atoms with E-state index in [9.17, 15) is 12.8 Å². The molecule has 0 aromatic heterocycles. The van der Waals surface area contributed by atoms with Gasteiger partial charge in [0, 0.05) is 12.8 Å². The maximum absolute atomic E-state index is 13.5. The van der Waals surface area contributed by atoms with Gasteiger partial charge in [0.2, 0.25) is 0 Å². The normalized spacial score (nSPS) is 15.1. The Bertz CT molecular complexity index is 899. The van der Waals surface area contributed by atoms with Crippen LogP contribution >= 0.6 is 0 Å². The van der Waals surface area contributed by atoms with E-state index in [4.69, 9.17) is 5.73 Å². The fourth-order valence-corrected chi connectivity index (χ4v) is 3.92. The fraction of sp³-hybridized carbons (Fsp3) is 0.263. The Morgan fingerprint density at radius 3 is 2.33 bits per heavy atom. The zero-order chi connectivity index (χ0) is 17.3. The van der Waals surface area contributed by atoms with E-state index in [1.54, 1.807) is 18.2 Å². The van der Waals surface area contributed by atoms with Crippen molar-refractivity contribution in [2.75, 3.05) is 6.26 Å². The lowest BCUT2D eigenvalue weighted by Gasteiger charge is -2.13. The average Bonchev–Trinajstić information content (AvgIpc) is 3.03. The molecule has 0 fully saturated rings. The van der Waals surface area contributed by atoms with Gasteiger partial charge in [-0.1, -0.05) is 18.2 Å². The first-order valence-electron chi connectivity index (χ1n) is 7.91. The summed E-state index contributed by atoms with van der Waals surface area (Å²) in [5, 5.41) is 0. The molecule has 0 aliphatic heterocycles. The Kier molecular flexibility index (Phi) is 4.56. The maximum atomic E-state index is 13.5. The van der Waals surface area contributed by atoms with Crippen molar-refractivity contribution in [2.45, 2.75) is 30.7 Å². The second-order valence-corrected chi connectivity index (χ2v) is 8.13. The second kappa shape index (κ2) is 6.49. The first kappa shape index (κ1) is 16.9. The molecule has 1 aliphatic rings. The fourth-order valence-electron chi connectivity index (χ4n) is 3.29. The van der Waals surface area contributed by atoms with E-state index in [0.717, 1.165) is 36.0 Å². The zero-order valence-corrected chi connectivity index (χ0v) is 14.4. The average molecular weight is 345 g/mol. The van der Waals surface area contributed by atoms with Crippen LogP contribution in [0.15, 0.2) is 47.4 Å². The minimum Gasteiger partial charge on any atom is -0.326 e. The molecule has 2 aromatic carbocycles. The van der Waals surface area contributed by atoms with Crippen molar-refractivity contribution < 1.29 is 12.8 Å². The van der Waals surface area contributed by atoms with Crippen LogP contribution in [0.1, 0.15) is 36.0 Å². The van der Waals surface area contributed by atoms with Crippen LogP contribution < -0.4 is 5.73 Å². The third kappa shape index (κ3) is 3.28. The van der Waals surface area contributed by atoms with Crippen LogP contribution in [0.3, 0.4) is 0 Å². The number of rotatable bonds is 4. The number of sulfone groups is 1. The number of allylic oxidation sites excluding steroid dienone is 2. The Balaban J connectivity index is 2.07. The highest BCUT2D eigenvalue weighted by atomic mass is 32.2. The molecule has 0 radical (unpaired) electrons. The summed E-state index contributed by atoms with van der Waals surface area (Å²) in [6.45, 7) is 0.289. The van der Waals surface area contributed by atoms with Gasteiger partial charge in [-0.05, 0) is 71.4 Å². The van der Waals surface area contributed by atoms with Crippen molar-refractivity contribution in [2.24, 2.45) is 5.73 Å². The van der Waals surface area contributed by atoms with Crippen LogP contribution in [0.25, 0.3) is 11.1 Å². The Morgan fingerprint density at radius 2 is 1.71 bits per heavy atom. The number of halogens is 1. The lowest BCUT2D eigenvalue weighted by atomic mass is 9.93. The molecule has 0 atom stereocenters. The summed E-state index contributed by atoms with van der Waals surface area (Å²) in [5.41, 5.74) is 11.0. The SMILES string of the molecule is CS(=O)(=O)c1ccc(C2=C(c3ccc(F)cc3CN)CCC2)cc1. The van der Waals surface area contributed by atoms with Crippen molar-refractivity contribution in [3.8, 4) is 0 Å². The number of hydrogen-bond donors (Lipinski definition) is 1. The highest BCUT2D eigenvalue weighted by Crippen LogP contribution is 2.41. The molecular weight excluding hydrogens is 325 g/mol. The molecule has 0 amide bonds. The van der Waals surface area contributed by atoms with E-state index in [1.165, 1.54) is 29.5 Å². The summed E-state index contributed by atoms with van der Waals surface area (Å²) in [6.07, 6.45) is 4.07. The van der Waals surface area contributed by atoms with Crippen molar-refractivity contribution in [3.05, 3.63) is 65.0 Å². The summed E-state index contributed by atoms with van der Waals surface area (Å²) >= 11 is 0. The summed E-state index contributed by atoms with van der Waals surface area (Å²) in [5.74, 6) is -0.281. The van der Waals surface area contributed by atoms with E-state index in [2.05, 4.69) is 0 Å². The molecule has 2 aromatic rings. The molecule has 126 valence electrons. The largest absolute Gasteiger partial charge is 0.326 e. The molecule has 2 N–H and O–H groups in total. The minimum absolute atomic E-state index is 0.281. The van der Waals surface area contributed by atoms with Gasteiger partial charge in [-0.2, -0.15) is 0 Å². The van der Waals surface area contributed by atoms with Crippen molar-refractivity contribution in [1.29, 1.82) is 0 Å². The first-order valence-corrected chi connectivity index (χ1v) is 9.80. The molecule has 0 heterocycles. The number of hydrogen-bond acceptors (Lipinski definition) is 3. The van der Waals surface area contributed by atoms with Gasteiger partial charge in [0.1, 0.15) is 5.82 Å². The Hall–Kier alpha value is -1.98. The zero-order valence-electron chi connectivity index (χ0n) is 13.5. The molecule has 3 nitrogen and oxygen atoms in total. The van der Waals surface area contributed by atoms with Crippen LogP contribution in [-0.4, -0.2) is 14.7 Å². The van der Waals surface area contributed by atoms with Gasteiger partial charge >= 0.3 is 0 Å². The summed E-state index contributed by atoms with van der Waals surface area (Å²) in [6, 6.07) is 11.7. The molecule has 5 heteroatoms.